The average molecular weight is 501 g/mol. The van der Waals surface area contributed by atoms with E-state index >= 15 is 0 Å². The number of thiophene rings is 1. The summed E-state index contributed by atoms with van der Waals surface area (Å²) in [5.41, 5.74) is 3.09. The van der Waals surface area contributed by atoms with Gasteiger partial charge < -0.3 is 9.47 Å². The van der Waals surface area contributed by atoms with Gasteiger partial charge in [-0.1, -0.05) is 56.8 Å². The smallest absolute Gasteiger partial charge is 0.348 e. The van der Waals surface area contributed by atoms with Crippen LogP contribution in [0.5, 0.6) is 0 Å². The Balaban J connectivity index is 1.69. The highest BCUT2D eigenvalue weighted by molar-refractivity contribution is 7.98. The lowest BCUT2D eigenvalue weighted by molar-refractivity contribution is 0.0531. The van der Waals surface area contributed by atoms with Crippen LogP contribution in [-0.2, 0) is 27.2 Å². The van der Waals surface area contributed by atoms with E-state index in [4.69, 9.17) is 14.5 Å². The molecule has 3 aromatic rings. The number of esters is 1. The molecule has 182 valence electrons. The Morgan fingerprint density at radius 2 is 2.03 bits per heavy atom. The molecule has 8 heteroatoms. The van der Waals surface area contributed by atoms with Crippen LogP contribution in [0.3, 0.4) is 0 Å². The third-order valence-electron chi connectivity index (χ3n) is 6.07. The Morgan fingerprint density at radius 1 is 1.29 bits per heavy atom. The van der Waals surface area contributed by atoms with Crippen molar-refractivity contribution in [1.82, 2.24) is 9.55 Å². The Labute approximate surface area is 208 Å². The number of carbonyl (C=O) groups is 1. The molecule has 1 fully saturated rings. The number of hydrogen-bond donors (Lipinski definition) is 0. The third-order valence-corrected chi connectivity index (χ3v) is 8.29. The van der Waals surface area contributed by atoms with Gasteiger partial charge in [-0.3, -0.25) is 9.36 Å². The van der Waals surface area contributed by atoms with Crippen molar-refractivity contribution in [1.29, 1.82) is 0 Å². The molecule has 1 aromatic carbocycles. The molecule has 1 aliphatic rings. The Bertz CT molecular complexity index is 1230. The van der Waals surface area contributed by atoms with Crippen LogP contribution in [0.1, 0.15) is 66.9 Å². The Hall–Kier alpha value is -2.16. The Morgan fingerprint density at radius 3 is 2.65 bits per heavy atom. The number of thioether (sulfide) groups is 1. The highest BCUT2D eigenvalue weighted by Crippen LogP contribution is 2.31. The van der Waals surface area contributed by atoms with E-state index in [1.165, 1.54) is 22.5 Å². The van der Waals surface area contributed by atoms with Crippen LogP contribution in [0, 0.1) is 6.92 Å². The minimum Gasteiger partial charge on any atom is -0.462 e. The fraction of sp³-hybridized carbons (Fsp3) is 0.500. The third kappa shape index (κ3) is 5.24. The summed E-state index contributed by atoms with van der Waals surface area (Å²) < 4.78 is 12.8. The van der Waals surface area contributed by atoms with Crippen molar-refractivity contribution in [2.75, 3.05) is 13.2 Å². The van der Waals surface area contributed by atoms with Gasteiger partial charge >= 0.3 is 5.97 Å². The summed E-state index contributed by atoms with van der Waals surface area (Å²) in [7, 11) is 0. The number of benzene rings is 1. The molecular weight excluding hydrogens is 468 g/mol. The molecule has 1 aliphatic heterocycles. The molecule has 6 nitrogen and oxygen atoms in total. The zero-order valence-electron chi connectivity index (χ0n) is 20.5. The van der Waals surface area contributed by atoms with Gasteiger partial charge in [0.1, 0.15) is 9.71 Å². The number of nitrogens with zero attached hydrogens (tertiary/aromatic N) is 2. The summed E-state index contributed by atoms with van der Waals surface area (Å²) in [5, 5.41) is 1.16. The van der Waals surface area contributed by atoms with Gasteiger partial charge in [-0.25, -0.2) is 9.78 Å². The maximum Gasteiger partial charge on any atom is 0.348 e. The molecular formula is C26H32N2O4S2. The predicted octanol–water partition coefficient (Wildman–Crippen LogP) is 5.71. The van der Waals surface area contributed by atoms with Gasteiger partial charge in [0, 0.05) is 12.4 Å². The summed E-state index contributed by atoms with van der Waals surface area (Å²) in [5.74, 6) is 0.296. The van der Waals surface area contributed by atoms with Gasteiger partial charge in [-0.05, 0) is 48.8 Å². The van der Waals surface area contributed by atoms with Crippen LogP contribution in [0.2, 0.25) is 0 Å². The maximum absolute atomic E-state index is 13.6. The fourth-order valence-electron chi connectivity index (χ4n) is 4.10. The number of ether oxygens (including phenoxy) is 2. The molecule has 0 amide bonds. The zero-order valence-corrected chi connectivity index (χ0v) is 22.1. The first-order valence-corrected chi connectivity index (χ1v) is 13.5. The number of aromatic nitrogens is 2. The molecule has 1 saturated heterocycles. The van der Waals surface area contributed by atoms with Crippen molar-refractivity contribution in [2.24, 2.45) is 0 Å². The molecule has 0 N–H and O–H groups in total. The van der Waals surface area contributed by atoms with Gasteiger partial charge in [0.15, 0.2) is 5.16 Å². The standard InChI is InChI=1S/C26H32N2O4S2/c1-6-31-24(30)21-16(2)20-22(34-21)27-25(28(23(20)29)14-19-8-7-13-32-19)33-15-17-9-11-18(12-10-17)26(3,4)5/h9-12,19H,6-8,13-15H2,1-5H3. The van der Waals surface area contributed by atoms with E-state index in [2.05, 4.69) is 45.0 Å². The second-order valence-electron chi connectivity index (χ2n) is 9.64. The first-order chi connectivity index (χ1) is 16.2. The first kappa shape index (κ1) is 24.9. The summed E-state index contributed by atoms with van der Waals surface area (Å²) >= 11 is 2.78. The van der Waals surface area contributed by atoms with Crippen LogP contribution in [-0.4, -0.2) is 34.8 Å². The van der Waals surface area contributed by atoms with E-state index < -0.39 is 5.97 Å². The van der Waals surface area contributed by atoms with Gasteiger partial charge in [0.05, 0.1) is 24.6 Å². The van der Waals surface area contributed by atoms with Crippen molar-refractivity contribution in [3.8, 4) is 0 Å². The van der Waals surface area contributed by atoms with Crippen LogP contribution in [0.25, 0.3) is 10.2 Å². The minimum absolute atomic E-state index is 0.00541. The average Bonchev–Trinajstić information content (AvgIpc) is 3.42. The quantitative estimate of drug-likeness (QED) is 0.235. The van der Waals surface area contributed by atoms with E-state index in [9.17, 15) is 9.59 Å². The van der Waals surface area contributed by atoms with Gasteiger partial charge in [0.2, 0.25) is 0 Å². The van der Waals surface area contributed by atoms with Crippen molar-refractivity contribution >= 4 is 39.3 Å². The van der Waals surface area contributed by atoms with Crippen LogP contribution in [0.4, 0.5) is 0 Å². The molecule has 0 aliphatic carbocycles. The van der Waals surface area contributed by atoms with Crippen LogP contribution >= 0.6 is 23.1 Å². The van der Waals surface area contributed by atoms with E-state index in [1.54, 1.807) is 30.2 Å². The van der Waals surface area contributed by atoms with Crippen molar-refractivity contribution in [3.05, 3.63) is 56.2 Å². The van der Waals surface area contributed by atoms with Gasteiger partial charge in [-0.15, -0.1) is 11.3 Å². The number of rotatable bonds is 7. The number of fused-ring (bicyclic) bond motifs is 1. The molecule has 0 radical (unpaired) electrons. The summed E-state index contributed by atoms with van der Waals surface area (Å²) in [6, 6.07) is 8.62. The number of aryl methyl sites for hydroxylation is 1. The second-order valence-corrected chi connectivity index (χ2v) is 11.6. The SMILES string of the molecule is CCOC(=O)c1sc2nc(SCc3ccc(C(C)(C)C)cc3)n(CC3CCCO3)c(=O)c2c1C. The largest absolute Gasteiger partial charge is 0.462 e. The van der Waals surface area contributed by atoms with Gasteiger partial charge in [-0.2, -0.15) is 0 Å². The summed E-state index contributed by atoms with van der Waals surface area (Å²) in [6.07, 6.45) is 1.94. The molecule has 2 aromatic heterocycles. The van der Waals surface area contributed by atoms with Crippen LogP contribution in [0.15, 0.2) is 34.2 Å². The monoisotopic (exact) mass is 500 g/mol. The molecule has 4 rings (SSSR count). The molecule has 3 heterocycles. The summed E-state index contributed by atoms with van der Waals surface area (Å²) in [4.78, 5) is 31.9. The maximum atomic E-state index is 13.6. The molecule has 0 spiro atoms. The molecule has 0 saturated carbocycles. The lowest BCUT2D eigenvalue weighted by Crippen LogP contribution is -2.28. The van der Waals surface area contributed by atoms with Crippen LogP contribution < -0.4 is 5.56 Å². The molecule has 1 unspecified atom stereocenters. The number of hydrogen-bond acceptors (Lipinski definition) is 7. The van der Waals surface area contributed by atoms with E-state index in [0.29, 0.717) is 38.1 Å². The normalized spacial score (nSPS) is 16.3. The highest BCUT2D eigenvalue weighted by Gasteiger charge is 2.25. The fourth-order valence-corrected chi connectivity index (χ4v) is 6.18. The predicted molar refractivity (Wildman–Crippen MR) is 138 cm³/mol. The zero-order chi connectivity index (χ0) is 24.5. The highest BCUT2D eigenvalue weighted by atomic mass is 32.2. The van der Waals surface area contributed by atoms with Crippen molar-refractivity contribution < 1.29 is 14.3 Å². The lowest BCUT2D eigenvalue weighted by Gasteiger charge is -2.19. The molecule has 0 bridgehead atoms. The van der Waals surface area contributed by atoms with E-state index in [0.717, 1.165) is 19.4 Å². The molecule has 34 heavy (non-hydrogen) atoms. The van der Waals surface area contributed by atoms with E-state index in [1.807, 2.05) is 0 Å². The Kier molecular flexibility index (Phi) is 7.50. The summed E-state index contributed by atoms with van der Waals surface area (Å²) in [6.45, 7) is 11.7. The van der Waals surface area contributed by atoms with Gasteiger partial charge in [0.25, 0.3) is 5.56 Å². The topological polar surface area (TPSA) is 70.4 Å². The molecule has 1 atom stereocenters. The number of carbonyl (C=O) groups excluding carboxylic acids is 1. The minimum atomic E-state index is -0.402. The first-order valence-electron chi connectivity index (χ1n) is 11.7. The lowest BCUT2D eigenvalue weighted by atomic mass is 9.87. The van der Waals surface area contributed by atoms with Crippen molar-refractivity contribution in [3.63, 3.8) is 0 Å². The van der Waals surface area contributed by atoms with Crippen molar-refractivity contribution in [2.45, 2.75) is 76.4 Å². The van der Waals surface area contributed by atoms with E-state index in [-0.39, 0.29) is 23.7 Å². The second kappa shape index (κ2) is 10.2.